The molecular formula is C20H24BrN3O4. The molecule has 0 saturated heterocycles. The lowest BCUT2D eigenvalue weighted by Gasteiger charge is -2.14. The van der Waals surface area contributed by atoms with E-state index < -0.39 is 4.92 Å². The second-order valence-electron chi connectivity index (χ2n) is 6.45. The van der Waals surface area contributed by atoms with Crippen molar-refractivity contribution in [3.63, 3.8) is 0 Å². The van der Waals surface area contributed by atoms with Crippen LogP contribution in [0.4, 0.5) is 11.4 Å². The van der Waals surface area contributed by atoms with E-state index in [1.54, 1.807) is 19.2 Å². The minimum atomic E-state index is -0.497. The van der Waals surface area contributed by atoms with Gasteiger partial charge in [-0.25, -0.2) is 0 Å². The first-order valence-electron chi connectivity index (χ1n) is 8.97. The Morgan fingerprint density at radius 2 is 1.96 bits per heavy atom. The van der Waals surface area contributed by atoms with Gasteiger partial charge in [0.25, 0.3) is 11.6 Å². The van der Waals surface area contributed by atoms with Crippen LogP contribution >= 0.6 is 15.9 Å². The van der Waals surface area contributed by atoms with Crippen molar-refractivity contribution in [2.75, 3.05) is 25.6 Å². The molecule has 0 radical (unpaired) electrons. The van der Waals surface area contributed by atoms with Gasteiger partial charge in [-0.15, -0.1) is 0 Å². The summed E-state index contributed by atoms with van der Waals surface area (Å²) in [6.07, 6.45) is 1.60. The molecule has 8 heteroatoms. The average molecular weight is 450 g/mol. The summed E-state index contributed by atoms with van der Waals surface area (Å²) in [5.74, 6) is -0.324. The summed E-state index contributed by atoms with van der Waals surface area (Å²) in [6, 6.07) is 12.4. The van der Waals surface area contributed by atoms with Crippen LogP contribution in [0.3, 0.4) is 0 Å². The van der Waals surface area contributed by atoms with Crippen LogP contribution in [0.1, 0.15) is 29.3 Å². The number of amides is 1. The maximum atomic E-state index is 12.5. The van der Waals surface area contributed by atoms with E-state index in [0.29, 0.717) is 18.8 Å². The smallest absolute Gasteiger partial charge is 0.293 e. The van der Waals surface area contributed by atoms with E-state index >= 15 is 0 Å². The van der Waals surface area contributed by atoms with Gasteiger partial charge in [-0.05, 0) is 49.6 Å². The van der Waals surface area contributed by atoms with Crippen molar-refractivity contribution in [1.29, 1.82) is 0 Å². The first-order valence-corrected chi connectivity index (χ1v) is 9.76. The third-order valence-electron chi connectivity index (χ3n) is 4.24. The van der Waals surface area contributed by atoms with Gasteiger partial charge in [0, 0.05) is 35.8 Å². The summed E-state index contributed by atoms with van der Waals surface area (Å²) in [4.78, 5) is 23.3. The van der Waals surface area contributed by atoms with Crippen molar-refractivity contribution in [2.45, 2.75) is 25.8 Å². The number of anilines is 1. The number of carbonyl (C=O) groups is 1. The average Bonchev–Trinajstić information content (AvgIpc) is 2.67. The molecule has 0 heterocycles. The normalized spacial score (nSPS) is 11.7. The first kappa shape index (κ1) is 21.8. The summed E-state index contributed by atoms with van der Waals surface area (Å²) in [5, 5.41) is 17.2. The summed E-state index contributed by atoms with van der Waals surface area (Å²) < 4.78 is 5.96. The maximum absolute atomic E-state index is 12.5. The number of benzene rings is 2. The summed E-state index contributed by atoms with van der Waals surface area (Å²) in [5.41, 5.74) is 1.68. The number of hydrogen-bond donors (Lipinski definition) is 2. The first-order chi connectivity index (χ1) is 13.4. The Morgan fingerprint density at radius 1 is 1.25 bits per heavy atom. The number of nitrogens with one attached hydrogen (secondary N) is 2. The summed E-state index contributed by atoms with van der Waals surface area (Å²) in [6.45, 7) is 2.79. The molecule has 0 aliphatic rings. The highest BCUT2D eigenvalue weighted by atomic mass is 79.9. The number of hydrogen-bond acceptors (Lipinski definition) is 5. The molecule has 0 saturated carbocycles. The van der Waals surface area contributed by atoms with E-state index in [9.17, 15) is 14.9 Å². The molecule has 0 spiro atoms. The van der Waals surface area contributed by atoms with Crippen LogP contribution in [0.2, 0.25) is 0 Å². The van der Waals surface area contributed by atoms with Crippen LogP contribution in [0.15, 0.2) is 46.9 Å². The monoisotopic (exact) mass is 449 g/mol. The number of halogens is 1. The highest BCUT2D eigenvalue weighted by molar-refractivity contribution is 9.10. The van der Waals surface area contributed by atoms with Gasteiger partial charge in [0.05, 0.1) is 11.5 Å². The van der Waals surface area contributed by atoms with Crippen molar-refractivity contribution in [1.82, 2.24) is 5.32 Å². The number of rotatable bonds is 10. The number of nitro benzene ring substituents is 1. The zero-order chi connectivity index (χ0) is 20.5. The highest BCUT2D eigenvalue weighted by Crippen LogP contribution is 2.25. The second kappa shape index (κ2) is 10.8. The lowest BCUT2D eigenvalue weighted by Crippen LogP contribution is -2.32. The van der Waals surface area contributed by atoms with E-state index in [0.717, 1.165) is 17.3 Å². The number of nitro groups is 1. The van der Waals surface area contributed by atoms with Crippen molar-refractivity contribution in [3.05, 3.63) is 68.2 Å². The predicted octanol–water partition coefficient (Wildman–Crippen LogP) is 4.17. The van der Waals surface area contributed by atoms with E-state index in [2.05, 4.69) is 26.6 Å². The molecule has 1 unspecified atom stereocenters. The fraction of sp³-hybridized carbons (Fsp3) is 0.350. The van der Waals surface area contributed by atoms with E-state index in [1.807, 2.05) is 31.2 Å². The van der Waals surface area contributed by atoms with Crippen LogP contribution in [0.25, 0.3) is 0 Å². The zero-order valence-corrected chi connectivity index (χ0v) is 17.5. The lowest BCUT2D eigenvalue weighted by atomic mass is 10.1. The van der Waals surface area contributed by atoms with E-state index in [4.69, 9.17) is 4.74 Å². The van der Waals surface area contributed by atoms with Gasteiger partial charge in [0.15, 0.2) is 0 Å². The van der Waals surface area contributed by atoms with E-state index in [1.165, 1.54) is 11.6 Å². The molecule has 0 bridgehead atoms. The fourth-order valence-electron chi connectivity index (χ4n) is 2.67. The Morgan fingerprint density at radius 3 is 2.61 bits per heavy atom. The number of methoxy groups -OCH3 is 1. The largest absolute Gasteiger partial charge is 0.383 e. The Hall–Kier alpha value is -2.45. The van der Waals surface area contributed by atoms with Crippen LogP contribution in [0.5, 0.6) is 0 Å². The fourth-order valence-corrected chi connectivity index (χ4v) is 2.94. The molecule has 1 amide bonds. The number of carbonyl (C=O) groups excluding carboxylic acids is 1. The van der Waals surface area contributed by atoms with Gasteiger partial charge < -0.3 is 15.4 Å². The van der Waals surface area contributed by atoms with Crippen LogP contribution < -0.4 is 10.6 Å². The van der Waals surface area contributed by atoms with Crippen molar-refractivity contribution < 1.29 is 14.5 Å². The Bertz CT molecular complexity index is 812. The molecule has 28 heavy (non-hydrogen) atoms. The minimum Gasteiger partial charge on any atom is -0.383 e. The molecule has 0 aliphatic heterocycles. The molecule has 2 rings (SSSR count). The predicted molar refractivity (Wildman–Crippen MR) is 113 cm³/mol. The van der Waals surface area contributed by atoms with Gasteiger partial charge in [-0.2, -0.15) is 0 Å². The zero-order valence-electron chi connectivity index (χ0n) is 15.9. The molecule has 150 valence electrons. The Balaban J connectivity index is 1.97. The molecule has 2 N–H and O–H groups in total. The van der Waals surface area contributed by atoms with Crippen LogP contribution in [-0.2, 0) is 11.2 Å². The highest BCUT2D eigenvalue weighted by Gasteiger charge is 2.18. The van der Waals surface area contributed by atoms with Crippen molar-refractivity contribution in [3.8, 4) is 0 Å². The number of nitrogens with zero attached hydrogens (tertiary/aromatic N) is 1. The van der Waals surface area contributed by atoms with Gasteiger partial charge in [-0.1, -0.05) is 28.1 Å². The molecule has 1 atom stereocenters. The quantitative estimate of drug-likeness (QED) is 0.322. The van der Waals surface area contributed by atoms with Crippen molar-refractivity contribution >= 4 is 33.2 Å². The SMILES string of the molecule is COCCNc1ccc(C(=O)NC(C)CCc2ccc(Br)cc2)cc1[N+](=O)[O-]. The second-order valence-corrected chi connectivity index (χ2v) is 7.36. The molecule has 0 aliphatic carbocycles. The third kappa shape index (κ3) is 6.61. The molecular weight excluding hydrogens is 426 g/mol. The van der Waals surface area contributed by atoms with Gasteiger partial charge in [-0.3, -0.25) is 14.9 Å². The number of aryl methyl sites for hydroxylation is 1. The van der Waals surface area contributed by atoms with Crippen molar-refractivity contribution in [2.24, 2.45) is 0 Å². The Labute approximate surface area is 172 Å². The molecule has 0 aromatic heterocycles. The molecule has 2 aromatic rings. The van der Waals surface area contributed by atoms with Gasteiger partial charge in [0.1, 0.15) is 5.69 Å². The molecule has 0 fully saturated rings. The summed E-state index contributed by atoms with van der Waals surface area (Å²) in [7, 11) is 1.56. The number of ether oxygens (including phenoxy) is 1. The van der Waals surface area contributed by atoms with Crippen LogP contribution in [0, 0.1) is 10.1 Å². The Kier molecular flexibility index (Phi) is 8.41. The topological polar surface area (TPSA) is 93.5 Å². The standard InChI is InChI=1S/C20H24BrN3O4/c1-14(3-4-15-5-8-17(21)9-6-15)23-20(25)16-7-10-18(22-11-12-28-2)19(13-16)24(26)27/h5-10,13-14,22H,3-4,11-12H2,1-2H3,(H,23,25). The molecule has 7 nitrogen and oxygen atoms in total. The maximum Gasteiger partial charge on any atom is 0.293 e. The van der Waals surface area contributed by atoms with Gasteiger partial charge in [0.2, 0.25) is 0 Å². The van der Waals surface area contributed by atoms with E-state index in [-0.39, 0.29) is 23.2 Å². The van der Waals surface area contributed by atoms with Gasteiger partial charge >= 0.3 is 0 Å². The lowest BCUT2D eigenvalue weighted by molar-refractivity contribution is -0.384. The minimum absolute atomic E-state index is 0.0605. The van der Waals surface area contributed by atoms with Crippen LogP contribution in [-0.4, -0.2) is 37.1 Å². The summed E-state index contributed by atoms with van der Waals surface area (Å²) >= 11 is 3.41. The molecule has 2 aromatic carbocycles. The third-order valence-corrected chi connectivity index (χ3v) is 4.76.